The summed E-state index contributed by atoms with van der Waals surface area (Å²) in [6.07, 6.45) is 0. The van der Waals surface area contributed by atoms with Gasteiger partial charge in [-0.3, -0.25) is 0 Å². The van der Waals surface area contributed by atoms with E-state index in [1.807, 2.05) is 23.6 Å². The molecular weight excluding hydrogens is 382 g/mol. The lowest BCUT2D eigenvalue weighted by molar-refractivity contribution is 0.0474. The van der Waals surface area contributed by atoms with E-state index in [9.17, 15) is 4.79 Å². The summed E-state index contributed by atoms with van der Waals surface area (Å²) in [5.41, 5.74) is 1.50. The van der Waals surface area contributed by atoms with Crippen LogP contribution in [-0.2, 0) is 11.3 Å². The zero-order valence-corrected chi connectivity index (χ0v) is 15.8. The summed E-state index contributed by atoms with van der Waals surface area (Å²) in [4.78, 5) is 16.9. The van der Waals surface area contributed by atoms with Crippen molar-refractivity contribution in [3.8, 4) is 22.1 Å². The van der Waals surface area contributed by atoms with Crippen LogP contribution in [-0.4, -0.2) is 25.2 Å². The average Bonchev–Trinajstić information content (AvgIpc) is 3.28. The van der Waals surface area contributed by atoms with Crippen LogP contribution in [0.5, 0.6) is 11.5 Å². The zero-order chi connectivity index (χ0) is 17.8. The third-order valence-electron chi connectivity index (χ3n) is 3.31. The Kier molecular flexibility index (Phi) is 5.57. The Bertz CT molecular complexity index is 890. The number of thiophene rings is 1. The highest BCUT2D eigenvalue weighted by Crippen LogP contribution is 2.39. The largest absolute Gasteiger partial charge is 0.493 e. The maximum absolute atomic E-state index is 12.0. The van der Waals surface area contributed by atoms with Gasteiger partial charge in [-0.1, -0.05) is 17.7 Å². The third-order valence-corrected chi connectivity index (χ3v) is 5.45. The molecule has 0 saturated carbocycles. The molecule has 0 unspecified atom stereocenters. The van der Waals surface area contributed by atoms with Gasteiger partial charge in [0.2, 0.25) is 0 Å². The van der Waals surface area contributed by atoms with Gasteiger partial charge < -0.3 is 14.2 Å². The minimum atomic E-state index is -0.412. The highest BCUT2D eigenvalue weighted by Gasteiger charge is 2.16. The summed E-state index contributed by atoms with van der Waals surface area (Å²) in [6, 6.07) is 8.91. The van der Waals surface area contributed by atoms with E-state index in [2.05, 4.69) is 4.98 Å². The molecule has 2 aromatic heterocycles. The molecule has 0 aliphatic carbocycles. The van der Waals surface area contributed by atoms with Gasteiger partial charge >= 0.3 is 5.97 Å². The van der Waals surface area contributed by atoms with Crippen LogP contribution in [0.4, 0.5) is 0 Å². The molecule has 0 aliphatic heterocycles. The number of thiazole rings is 1. The first kappa shape index (κ1) is 17.7. The molecule has 3 rings (SSSR count). The van der Waals surface area contributed by atoms with Crippen molar-refractivity contribution in [2.24, 2.45) is 0 Å². The predicted molar refractivity (Wildman–Crippen MR) is 99.1 cm³/mol. The van der Waals surface area contributed by atoms with Crippen molar-refractivity contribution in [3.05, 3.63) is 50.6 Å². The molecule has 0 fully saturated rings. The number of hydrogen-bond acceptors (Lipinski definition) is 7. The van der Waals surface area contributed by atoms with E-state index in [1.165, 1.54) is 22.7 Å². The molecule has 130 valence electrons. The van der Waals surface area contributed by atoms with Gasteiger partial charge in [0, 0.05) is 5.38 Å². The Hall–Kier alpha value is -2.09. The molecule has 8 heteroatoms. The maximum Gasteiger partial charge on any atom is 0.348 e. The van der Waals surface area contributed by atoms with Crippen molar-refractivity contribution >= 4 is 40.2 Å². The fourth-order valence-electron chi connectivity index (χ4n) is 2.19. The Morgan fingerprint density at radius 3 is 2.72 bits per heavy atom. The molecule has 0 radical (unpaired) electrons. The number of halogens is 1. The van der Waals surface area contributed by atoms with Gasteiger partial charge in [0.15, 0.2) is 11.5 Å². The van der Waals surface area contributed by atoms with Gasteiger partial charge in [0.25, 0.3) is 0 Å². The number of esters is 1. The molecule has 0 aliphatic rings. The lowest BCUT2D eigenvalue weighted by atomic mass is 10.2. The number of benzene rings is 1. The first-order valence-electron chi connectivity index (χ1n) is 7.20. The Balaban J connectivity index is 1.74. The molecule has 0 spiro atoms. The minimum Gasteiger partial charge on any atom is -0.493 e. The van der Waals surface area contributed by atoms with Crippen LogP contribution in [0.2, 0.25) is 4.34 Å². The van der Waals surface area contributed by atoms with Crippen molar-refractivity contribution in [1.29, 1.82) is 0 Å². The van der Waals surface area contributed by atoms with E-state index in [0.29, 0.717) is 26.4 Å². The van der Waals surface area contributed by atoms with E-state index in [0.717, 1.165) is 10.6 Å². The van der Waals surface area contributed by atoms with Crippen LogP contribution in [0.3, 0.4) is 0 Å². The SMILES string of the molecule is COc1cccc(-c2nc(COC(=O)c3ccc(Cl)s3)cs2)c1OC. The molecule has 2 heterocycles. The van der Waals surface area contributed by atoms with Crippen LogP contribution in [0.15, 0.2) is 35.7 Å². The number of para-hydroxylation sites is 1. The highest BCUT2D eigenvalue weighted by molar-refractivity contribution is 7.17. The fraction of sp³-hybridized carbons (Fsp3) is 0.176. The van der Waals surface area contributed by atoms with Crippen molar-refractivity contribution in [1.82, 2.24) is 4.98 Å². The molecule has 0 bridgehead atoms. The minimum absolute atomic E-state index is 0.0944. The Morgan fingerprint density at radius 1 is 1.20 bits per heavy atom. The molecule has 0 atom stereocenters. The molecule has 3 aromatic rings. The van der Waals surface area contributed by atoms with Gasteiger partial charge in [-0.2, -0.15) is 0 Å². The van der Waals surface area contributed by atoms with Crippen LogP contribution in [0.25, 0.3) is 10.6 Å². The molecular formula is C17H14ClNO4S2. The van der Waals surface area contributed by atoms with E-state index >= 15 is 0 Å². The number of ether oxygens (including phenoxy) is 3. The summed E-state index contributed by atoms with van der Waals surface area (Å²) in [5.74, 6) is 0.847. The molecule has 5 nitrogen and oxygen atoms in total. The topological polar surface area (TPSA) is 57.7 Å². The Labute approximate surface area is 157 Å². The average molecular weight is 396 g/mol. The number of carbonyl (C=O) groups excluding carboxylic acids is 1. The van der Waals surface area contributed by atoms with Crippen LogP contribution in [0.1, 0.15) is 15.4 Å². The lowest BCUT2D eigenvalue weighted by Gasteiger charge is -2.10. The third kappa shape index (κ3) is 3.95. The number of methoxy groups -OCH3 is 2. The second kappa shape index (κ2) is 7.86. The van der Waals surface area contributed by atoms with Gasteiger partial charge in [0.1, 0.15) is 16.5 Å². The van der Waals surface area contributed by atoms with Crippen LogP contribution >= 0.6 is 34.3 Å². The maximum atomic E-state index is 12.0. The van der Waals surface area contributed by atoms with Crippen LogP contribution < -0.4 is 9.47 Å². The van der Waals surface area contributed by atoms with Gasteiger partial charge in [-0.15, -0.1) is 22.7 Å². The molecule has 1 aromatic carbocycles. The number of carbonyl (C=O) groups is 1. The van der Waals surface area contributed by atoms with E-state index < -0.39 is 5.97 Å². The smallest absolute Gasteiger partial charge is 0.348 e. The summed E-state index contributed by atoms with van der Waals surface area (Å²) in [7, 11) is 3.18. The first-order chi connectivity index (χ1) is 12.1. The number of nitrogens with zero attached hydrogens (tertiary/aromatic N) is 1. The number of rotatable bonds is 6. The highest BCUT2D eigenvalue weighted by atomic mass is 35.5. The quantitative estimate of drug-likeness (QED) is 0.555. The monoisotopic (exact) mass is 395 g/mol. The first-order valence-corrected chi connectivity index (χ1v) is 9.28. The lowest BCUT2D eigenvalue weighted by Crippen LogP contribution is -2.03. The summed E-state index contributed by atoms with van der Waals surface area (Å²) < 4.78 is 16.6. The van der Waals surface area contributed by atoms with Crippen molar-refractivity contribution in [2.45, 2.75) is 6.61 Å². The number of aromatic nitrogens is 1. The molecule has 0 amide bonds. The number of hydrogen-bond donors (Lipinski definition) is 0. The molecule has 0 saturated heterocycles. The van der Waals surface area contributed by atoms with Gasteiger partial charge in [-0.25, -0.2) is 9.78 Å². The normalized spacial score (nSPS) is 10.5. The predicted octanol–water partition coefficient (Wildman–Crippen LogP) is 4.90. The molecule has 0 N–H and O–H groups in total. The van der Waals surface area contributed by atoms with Crippen molar-refractivity contribution in [3.63, 3.8) is 0 Å². The summed E-state index contributed by atoms with van der Waals surface area (Å²) >= 11 is 8.46. The zero-order valence-electron chi connectivity index (χ0n) is 13.4. The van der Waals surface area contributed by atoms with Gasteiger partial charge in [-0.05, 0) is 24.3 Å². The fourth-order valence-corrected chi connectivity index (χ4v) is 3.95. The summed E-state index contributed by atoms with van der Waals surface area (Å²) in [5, 5.41) is 2.61. The van der Waals surface area contributed by atoms with E-state index in [1.54, 1.807) is 26.4 Å². The summed E-state index contributed by atoms with van der Waals surface area (Å²) in [6.45, 7) is 0.0944. The van der Waals surface area contributed by atoms with Crippen LogP contribution in [0, 0.1) is 0 Å². The standard InChI is InChI=1S/C17H14ClNO4S2/c1-21-12-5-3-4-11(15(12)22-2)16-19-10(9-24-16)8-23-17(20)13-6-7-14(18)25-13/h3-7,9H,8H2,1-2H3. The van der Waals surface area contributed by atoms with E-state index in [-0.39, 0.29) is 6.61 Å². The van der Waals surface area contributed by atoms with Gasteiger partial charge in [0.05, 0.1) is 29.8 Å². The van der Waals surface area contributed by atoms with Crippen molar-refractivity contribution in [2.75, 3.05) is 14.2 Å². The second-order valence-corrected chi connectivity index (χ2v) is 7.44. The van der Waals surface area contributed by atoms with Crippen molar-refractivity contribution < 1.29 is 19.0 Å². The van der Waals surface area contributed by atoms with E-state index in [4.69, 9.17) is 25.8 Å². The second-order valence-electron chi connectivity index (χ2n) is 4.86. The molecule has 25 heavy (non-hydrogen) atoms. The Morgan fingerprint density at radius 2 is 2.04 bits per heavy atom.